The lowest BCUT2D eigenvalue weighted by atomic mass is 9.87. The molecular weight excluding hydrogens is 277 g/mol. The number of carbonyl (C=O) groups excluding carboxylic acids is 1. The Balaban J connectivity index is 1.77. The van der Waals surface area contributed by atoms with Crippen molar-refractivity contribution in [2.24, 2.45) is 5.41 Å². The summed E-state index contributed by atoms with van der Waals surface area (Å²) in [7, 11) is 0. The monoisotopic (exact) mass is 297 g/mol. The highest BCUT2D eigenvalue weighted by molar-refractivity contribution is 8.00. The molecule has 1 aliphatic rings. The van der Waals surface area contributed by atoms with Gasteiger partial charge in [0.15, 0.2) is 0 Å². The van der Waals surface area contributed by atoms with E-state index in [9.17, 15) is 14.3 Å². The number of thioether (sulfide) groups is 1. The molecule has 0 radical (unpaired) electrons. The molecule has 0 unspecified atom stereocenters. The number of rotatable bonds is 6. The molecule has 0 saturated heterocycles. The number of hydrogen-bond donors (Lipinski definition) is 2. The zero-order valence-electron chi connectivity index (χ0n) is 11.4. The fraction of sp³-hybridized carbons (Fsp3) is 0.533. The number of benzene rings is 1. The molecule has 1 fully saturated rings. The van der Waals surface area contributed by atoms with Gasteiger partial charge in [0.05, 0.1) is 12.4 Å². The maximum Gasteiger partial charge on any atom is 0.230 e. The molecular formula is C15H20FNO2S. The van der Waals surface area contributed by atoms with Crippen molar-refractivity contribution in [3.8, 4) is 0 Å². The summed E-state index contributed by atoms with van der Waals surface area (Å²) in [6.45, 7) is 0.633. The van der Waals surface area contributed by atoms with Crippen LogP contribution >= 0.6 is 11.8 Å². The van der Waals surface area contributed by atoms with Crippen LogP contribution in [0.3, 0.4) is 0 Å². The topological polar surface area (TPSA) is 49.3 Å². The van der Waals surface area contributed by atoms with Crippen molar-refractivity contribution in [2.75, 3.05) is 18.9 Å². The highest BCUT2D eigenvalue weighted by Gasteiger charge is 2.33. The van der Waals surface area contributed by atoms with Gasteiger partial charge in [0, 0.05) is 16.9 Å². The van der Waals surface area contributed by atoms with E-state index in [1.807, 2.05) is 0 Å². The fourth-order valence-electron chi connectivity index (χ4n) is 2.56. The highest BCUT2D eigenvalue weighted by atomic mass is 32.2. The summed E-state index contributed by atoms with van der Waals surface area (Å²) in [4.78, 5) is 12.3. The molecule has 2 N–H and O–H groups in total. The molecule has 0 spiro atoms. The van der Waals surface area contributed by atoms with Crippen LogP contribution in [-0.4, -0.2) is 29.9 Å². The van der Waals surface area contributed by atoms with E-state index >= 15 is 0 Å². The molecule has 1 aliphatic carbocycles. The van der Waals surface area contributed by atoms with E-state index in [4.69, 9.17) is 0 Å². The summed E-state index contributed by atoms with van der Waals surface area (Å²) in [5.74, 6) is -0.214. The first-order valence-corrected chi connectivity index (χ1v) is 7.89. The lowest BCUT2D eigenvalue weighted by molar-refractivity contribution is -0.119. The third-order valence-corrected chi connectivity index (χ3v) is 4.90. The van der Waals surface area contributed by atoms with Crippen molar-refractivity contribution in [1.82, 2.24) is 5.32 Å². The van der Waals surface area contributed by atoms with Crippen LogP contribution in [0.25, 0.3) is 0 Å². The molecule has 1 saturated carbocycles. The van der Waals surface area contributed by atoms with E-state index in [0.717, 1.165) is 25.7 Å². The van der Waals surface area contributed by atoms with E-state index in [-0.39, 0.29) is 29.5 Å². The van der Waals surface area contributed by atoms with Crippen molar-refractivity contribution in [1.29, 1.82) is 0 Å². The van der Waals surface area contributed by atoms with Gasteiger partial charge in [-0.1, -0.05) is 25.0 Å². The molecule has 1 amide bonds. The van der Waals surface area contributed by atoms with Crippen LogP contribution in [0.2, 0.25) is 0 Å². The summed E-state index contributed by atoms with van der Waals surface area (Å²) in [5.41, 5.74) is -0.141. The SMILES string of the molecule is O=C(CSc1ccccc1F)NCC1(CO)CCCC1. The Morgan fingerprint density at radius 3 is 2.70 bits per heavy atom. The lowest BCUT2D eigenvalue weighted by Gasteiger charge is -2.26. The molecule has 1 aromatic carbocycles. The molecule has 3 nitrogen and oxygen atoms in total. The minimum absolute atomic E-state index is 0.113. The fourth-order valence-corrected chi connectivity index (χ4v) is 3.33. The van der Waals surface area contributed by atoms with E-state index < -0.39 is 0 Å². The van der Waals surface area contributed by atoms with Gasteiger partial charge < -0.3 is 10.4 Å². The molecule has 0 aliphatic heterocycles. The lowest BCUT2D eigenvalue weighted by Crippen LogP contribution is -2.39. The van der Waals surface area contributed by atoms with Crippen molar-refractivity contribution in [2.45, 2.75) is 30.6 Å². The summed E-state index contributed by atoms with van der Waals surface area (Å²) in [5, 5.41) is 12.3. The van der Waals surface area contributed by atoms with Crippen LogP contribution in [0.1, 0.15) is 25.7 Å². The second-order valence-electron chi connectivity index (χ2n) is 5.36. The number of carbonyl (C=O) groups is 1. The van der Waals surface area contributed by atoms with Gasteiger partial charge in [0.2, 0.25) is 5.91 Å². The summed E-state index contributed by atoms with van der Waals surface area (Å²) >= 11 is 1.19. The predicted octanol–water partition coefficient (Wildman–Crippen LogP) is 2.59. The van der Waals surface area contributed by atoms with Crippen LogP contribution in [0.5, 0.6) is 0 Å². The highest BCUT2D eigenvalue weighted by Crippen LogP contribution is 2.36. The maximum atomic E-state index is 13.4. The summed E-state index contributed by atoms with van der Waals surface area (Å²) < 4.78 is 13.4. The molecule has 0 atom stereocenters. The van der Waals surface area contributed by atoms with Crippen LogP contribution in [0.15, 0.2) is 29.2 Å². The Labute approximate surface area is 123 Å². The largest absolute Gasteiger partial charge is 0.396 e. The number of amides is 1. The first-order valence-electron chi connectivity index (χ1n) is 6.90. The van der Waals surface area contributed by atoms with E-state index in [1.165, 1.54) is 17.8 Å². The minimum Gasteiger partial charge on any atom is -0.396 e. The average Bonchev–Trinajstić information content (AvgIpc) is 2.94. The van der Waals surface area contributed by atoms with Crippen LogP contribution < -0.4 is 5.32 Å². The van der Waals surface area contributed by atoms with E-state index in [1.54, 1.807) is 18.2 Å². The Kier molecular flexibility index (Phi) is 5.43. The molecule has 0 heterocycles. The van der Waals surface area contributed by atoms with Gasteiger partial charge in [-0.25, -0.2) is 4.39 Å². The van der Waals surface area contributed by atoms with Crippen molar-refractivity contribution < 1.29 is 14.3 Å². The zero-order valence-corrected chi connectivity index (χ0v) is 12.2. The third kappa shape index (κ3) is 3.96. The zero-order chi connectivity index (χ0) is 14.4. The minimum atomic E-state index is -0.298. The van der Waals surface area contributed by atoms with Crippen LogP contribution in [-0.2, 0) is 4.79 Å². The van der Waals surface area contributed by atoms with Crippen molar-refractivity contribution in [3.63, 3.8) is 0 Å². The Morgan fingerprint density at radius 1 is 1.35 bits per heavy atom. The predicted molar refractivity (Wildman–Crippen MR) is 78.1 cm³/mol. The van der Waals surface area contributed by atoms with Gasteiger partial charge in [-0.3, -0.25) is 4.79 Å². The van der Waals surface area contributed by atoms with Gasteiger partial charge in [-0.2, -0.15) is 0 Å². The normalized spacial score (nSPS) is 17.1. The standard InChI is InChI=1S/C15H20FNO2S/c16-12-5-1-2-6-13(12)20-9-14(19)17-10-15(11-18)7-3-4-8-15/h1-2,5-6,18H,3-4,7-11H2,(H,17,19). The molecule has 0 aromatic heterocycles. The molecule has 2 rings (SSSR count). The Morgan fingerprint density at radius 2 is 2.05 bits per heavy atom. The molecule has 20 heavy (non-hydrogen) atoms. The number of halogens is 1. The van der Waals surface area contributed by atoms with Gasteiger partial charge in [-0.05, 0) is 25.0 Å². The van der Waals surface area contributed by atoms with Gasteiger partial charge in [0.1, 0.15) is 5.82 Å². The van der Waals surface area contributed by atoms with Crippen LogP contribution in [0, 0.1) is 11.2 Å². The summed E-state index contributed by atoms with van der Waals surface area (Å²) in [6, 6.07) is 6.44. The quantitative estimate of drug-likeness (QED) is 0.794. The Bertz CT molecular complexity index is 461. The third-order valence-electron chi connectivity index (χ3n) is 3.86. The number of aliphatic hydroxyl groups excluding tert-OH is 1. The average molecular weight is 297 g/mol. The molecule has 110 valence electrons. The number of aliphatic hydroxyl groups is 1. The maximum absolute atomic E-state index is 13.4. The molecule has 0 bridgehead atoms. The number of hydrogen-bond acceptors (Lipinski definition) is 3. The van der Waals surface area contributed by atoms with E-state index in [2.05, 4.69) is 5.32 Å². The second kappa shape index (κ2) is 7.09. The second-order valence-corrected chi connectivity index (χ2v) is 6.38. The van der Waals surface area contributed by atoms with Gasteiger partial charge in [0.25, 0.3) is 0 Å². The first-order chi connectivity index (χ1) is 9.65. The molecule has 1 aromatic rings. The number of nitrogens with one attached hydrogen (secondary N) is 1. The summed E-state index contributed by atoms with van der Waals surface area (Å²) in [6.07, 6.45) is 4.15. The van der Waals surface area contributed by atoms with Gasteiger partial charge >= 0.3 is 0 Å². The smallest absolute Gasteiger partial charge is 0.230 e. The first kappa shape index (κ1) is 15.3. The van der Waals surface area contributed by atoms with Crippen molar-refractivity contribution in [3.05, 3.63) is 30.1 Å². The molecule has 5 heteroatoms. The Hall–Kier alpha value is -1.07. The van der Waals surface area contributed by atoms with Crippen molar-refractivity contribution >= 4 is 17.7 Å². The van der Waals surface area contributed by atoms with Gasteiger partial charge in [-0.15, -0.1) is 11.8 Å². The van der Waals surface area contributed by atoms with E-state index in [0.29, 0.717) is 11.4 Å². The van der Waals surface area contributed by atoms with Crippen LogP contribution in [0.4, 0.5) is 4.39 Å².